The Bertz CT molecular complexity index is 662. The summed E-state index contributed by atoms with van der Waals surface area (Å²) in [6.45, 7) is 0. The molecule has 7 heteroatoms. The van der Waals surface area contributed by atoms with E-state index in [1.54, 1.807) is 23.1 Å². The van der Waals surface area contributed by atoms with E-state index in [0.717, 1.165) is 26.4 Å². The van der Waals surface area contributed by atoms with Gasteiger partial charge in [-0.15, -0.1) is 21.5 Å². The largest absolute Gasteiger partial charge is 0.374 e. The van der Waals surface area contributed by atoms with Crippen LogP contribution in [0.1, 0.15) is 5.01 Å². The van der Waals surface area contributed by atoms with Gasteiger partial charge in [-0.1, -0.05) is 53.4 Å². The molecular weight excluding hydrogens is 296 g/mol. The maximum Gasteiger partial charge on any atom is 0.203 e. The van der Waals surface area contributed by atoms with Crippen molar-refractivity contribution < 1.29 is 0 Å². The van der Waals surface area contributed by atoms with Crippen LogP contribution in [-0.2, 0) is 5.75 Å². The summed E-state index contributed by atoms with van der Waals surface area (Å²) >= 11 is 4.68. The van der Waals surface area contributed by atoms with E-state index in [-0.39, 0.29) is 0 Å². The molecule has 0 amide bonds. The number of anilines is 1. The lowest BCUT2D eigenvalue weighted by Gasteiger charge is -1.94. The predicted octanol–water partition coefficient (Wildman–Crippen LogP) is 3.54. The van der Waals surface area contributed by atoms with Crippen LogP contribution in [0, 0.1) is 0 Å². The first-order chi connectivity index (χ1) is 9.31. The molecule has 0 aliphatic carbocycles. The lowest BCUT2D eigenvalue weighted by atomic mass is 10.2. The van der Waals surface area contributed by atoms with E-state index >= 15 is 0 Å². The predicted molar refractivity (Wildman–Crippen MR) is 81.4 cm³/mol. The molecule has 2 N–H and O–H groups in total. The fourth-order valence-corrected chi connectivity index (χ4v) is 3.98. The summed E-state index contributed by atoms with van der Waals surface area (Å²) in [6.07, 6.45) is 0. The van der Waals surface area contributed by atoms with Gasteiger partial charge in [0.05, 0.1) is 11.4 Å². The maximum absolute atomic E-state index is 5.55. The molecule has 0 spiro atoms. The molecule has 0 radical (unpaired) electrons. The summed E-state index contributed by atoms with van der Waals surface area (Å²) in [7, 11) is 0. The van der Waals surface area contributed by atoms with Crippen LogP contribution in [0.5, 0.6) is 0 Å². The Balaban J connectivity index is 1.68. The van der Waals surface area contributed by atoms with Crippen molar-refractivity contribution in [3.63, 3.8) is 0 Å². The van der Waals surface area contributed by atoms with Gasteiger partial charge in [0, 0.05) is 10.9 Å². The lowest BCUT2D eigenvalue weighted by Crippen LogP contribution is -1.81. The van der Waals surface area contributed by atoms with Gasteiger partial charge in [0.15, 0.2) is 4.34 Å². The van der Waals surface area contributed by atoms with Gasteiger partial charge < -0.3 is 5.73 Å². The van der Waals surface area contributed by atoms with E-state index in [1.807, 2.05) is 18.2 Å². The third-order valence-corrected chi connectivity index (χ3v) is 5.29. The molecule has 0 atom stereocenters. The highest BCUT2D eigenvalue weighted by atomic mass is 32.2. The van der Waals surface area contributed by atoms with Crippen LogP contribution in [0.15, 0.2) is 40.1 Å². The standard InChI is InChI=1S/C12H10N4S3/c13-11-15-16-12(19-11)18-7-10-14-9(6-17-10)8-4-2-1-3-5-8/h1-6H,7H2,(H2,13,15). The van der Waals surface area contributed by atoms with Crippen molar-refractivity contribution in [2.75, 3.05) is 5.73 Å². The minimum atomic E-state index is 0.506. The highest BCUT2D eigenvalue weighted by molar-refractivity contribution is 8.00. The van der Waals surface area contributed by atoms with E-state index in [1.165, 1.54) is 11.3 Å². The number of nitrogens with two attached hydrogens (primary N) is 1. The molecule has 0 aliphatic rings. The number of nitrogen functional groups attached to an aromatic ring is 1. The fourth-order valence-electron chi connectivity index (χ4n) is 1.52. The molecular formula is C12H10N4S3. The van der Waals surface area contributed by atoms with E-state index in [4.69, 9.17) is 5.73 Å². The Kier molecular flexibility index (Phi) is 3.77. The molecule has 2 heterocycles. The minimum absolute atomic E-state index is 0.506. The second-order valence-electron chi connectivity index (χ2n) is 3.69. The average molecular weight is 306 g/mol. The molecule has 19 heavy (non-hydrogen) atoms. The summed E-state index contributed by atoms with van der Waals surface area (Å²) in [4.78, 5) is 4.63. The minimum Gasteiger partial charge on any atom is -0.374 e. The molecule has 96 valence electrons. The molecule has 0 aliphatic heterocycles. The average Bonchev–Trinajstić information content (AvgIpc) is 3.06. The van der Waals surface area contributed by atoms with Crippen molar-refractivity contribution in [1.29, 1.82) is 0 Å². The molecule has 0 unspecified atom stereocenters. The highest BCUT2D eigenvalue weighted by Crippen LogP contribution is 2.29. The van der Waals surface area contributed by atoms with Gasteiger partial charge in [0.1, 0.15) is 5.01 Å². The molecule has 0 saturated carbocycles. The van der Waals surface area contributed by atoms with Crippen molar-refractivity contribution in [1.82, 2.24) is 15.2 Å². The van der Waals surface area contributed by atoms with Gasteiger partial charge in [0.2, 0.25) is 5.13 Å². The van der Waals surface area contributed by atoms with Crippen LogP contribution in [0.25, 0.3) is 11.3 Å². The van der Waals surface area contributed by atoms with Gasteiger partial charge in [-0.25, -0.2) is 4.98 Å². The summed E-state index contributed by atoms with van der Waals surface area (Å²) in [5, 5.41) is 11.4. The van der Waals surface area contributed by atoms with E-state index in [0.29, 0.717) is 5.13 Å². The van der Waals surface area contributed by atoms with Crippen LogP contribution in [-0.4, -0.2) is 15.2 Å². The van der Waals surface area contributed by atoms with E-state index in [9.17, 15) is 0 Å². The molecule has 3 aromatic rings. The van der Waals surface area contributed by atoms with Crippen LogP contribution in [0.3, 0.4) is 0 Å². The van der Waals surface area contributed by atoms with Crippen LogP contribution in [0.2, 0.25) is 0 Å². The highest BCUT2D eigenvalue weighted by Gasteiger charge is 2.07. The third-order valence-electron chi connectivity index (χ3n) is 2.36. The van der Waals surface area contributed by atoms with E-state index in [2.05, 4.69) is 32.7 Å². The number of thiazole rings is 1. The van der Waals surface area contributed by atoms with Crippen LogP contribution in [0.4, 0.5) is 5.13 Å². The Hall–Kier alpha value is -1.44. The molecule has 1 aromatic carbocycles. The number of thioether (sulfide) groups is 1. The number of nitrogens with zero attached hydrogens (tertiary/aromatic N) is 3. The topological polar surface area (TPSA) is 64.7 Å². The Labute approximate surface area is 122 Å². The maximum atomic E-state index is 5.55. The molecule has 2 aromatic heterocycles. The van der Waals surface area contributed by atoms with E-state index < -0.39 is 0 Å². The first-order valence-electron chi connectivity index (χ1n) is 5.53. The second kappa shape index (κ2) is 5.68. The Morgan fingerprint density at radius 1 is 1.16 bits per heavy atom. The smallest absolute Gasteiger partial charge is 0.203 e. The zero-order valence-corrected chi connectivity index (χ0v) is 12.3. The molecule has 0 bridgehead atoms. The number of aromatic nitrogens is 3. The van der Waals surface area contributed by atoms with Crippen molar-refractivity contribution in [3.8, 4) is 11.3 Å². The molecule has 0 fully saturated rings. The van der Waals surface area contributed by atoms with Crippen LogP contribution < -0.4 is 5.73 Å². The fraction of sp³-hybridized carbons (Fsp3) is 0.0833. The van der Waals surface area contributed by atoms with Gasteiger partial charge in [-0.2, -0.15) is 0 Å². The molecule has 0 saturated heterocycles. The summed E-state index contributed by atoms with van der Waals surface area (Å²) in [5.41, 5.74) is 7.72. The Morgan fingerprint density at radius 3 is 2.74 bits per heavy atom. The normalized spacial score (nSPS) is 10.7. The van der Waals surface area contributed by atoms with Crippen molar-refractivity contribution in [3.05, 3.63) is 40.7 Å². The van der Waals surface area contributed by atoms with Crippen molar-refractivity contribution in [2.24, 2.45) is 0 Å². The first-order valence-corrected chi connectivity index (χ1v) is 8.21. The summed E-state index contributed by atoms with van der Waals surface area (Å²) in [5.74, 6) is 0.798. The van der Waals surface area contributed by atoms with Gasteiger partial charge in [-0.3, -0.25) is 0 Å². The van der Waals surface area contributed by atoms with Crippen LogP contribution >= 0.6 is 34.4 Å². The first kappa shape index (κ1) is 12.6. The number of hydrogen-bond donors (Lipinski definition) is 1. The number of benzene rings is 1. The van der Waals surface area contributed by atoms with Gasteiger partial charge in [-0.05, 0) is 0 Å². The van der Waals surface area contributed by atoms with Gasteiger partial charge in [0.25, 0.3) is 0 Å². The Morgan fingerprint density at radius 2 is 2.00 bits per heavy atom. The zero-order valence-electron chi connectivity index (χ0n) is 9.81. The summed E-state index contributed by atoms with van der Waals surface area (Å²) in [6, 6.07) is 10.2. The second-order valence-corrected chi connectivity index (χ2v) is 6.86. The quantitative estimate of drug-likeness (QED) is 0.747. The molecule has 3 rings (SSSR count). The monoisotopic (exact) mass is 306 g/mol. The lowest BCUT2D eigenvalue weighted by molar-refractivity contribution is 1.02. The number of rotatable bonds is 4. The molecule has 4 nitrogen and oxygen atoms in total. The third kappa shape index (κ3) is 3.12. The summed E-state index contributed by atoms with van der Waals surface area (Å²) < 4.78 is 0.883. The van der Waals surface area contributed by atoms with Crippen molar-refractivity contribution >= 4 is 39.6 Å². The SMILES string of the molecule is Nc1nnc(SCc2nc(-c3ccccc3)cs2)s1. The number of hydrogen-bond acceptors (Lipinski definition) is 7. The zero-order chi connectivity index (χ0) is 13.1. The van der Waals surface area contributed by atoms with Crippen molar-refractivity contribution in [2.45, 2.75) is 10.1 Å². The van der Waals surface area contributed by atoms with Gasteiger partial charge >= 0.3 is 0 Å².